The van der Waals surface area contributed by atoms with Gasteiger partial charge in [0.2, 0.25) is 5.91 Å². The summed E-state index contributed by atoms with van der Waals surface area (Å²) >= 11 is 1.75. The lowest BCUT2D eigenvalue weighted by Crippen LogP contribution is -2.62. The second-order valence-electron chi connectivity index (χ2n) is 15.3. The van der Waals surface area contributed by atoms with Gasteiger partial charge < -0.3 is 39.7 Å². The fourth-order valence-corrected chi connectivity index (χ4v) is 9.35. The lowest BCUT2D eigenvalue weighted by molar-refractivity contribution is -0.120. The summed E-state index contributed by atoms with van der Waals surface area (Å²) < 4.78 is 41.7. The van der Waals surface area contributed by atoms with E-state index in [1.54, 1.807) is 37.0 Å². The molecular weight excluding hydrogens is 729 g/mol. The van der Waals surface area contributed by atoms with E-state index < -0.39 is 17.4 Å². The van der Waals surface area contributed by atoms with Crippen LogP contribution in [-0.2, 0) is 20.1 Å². The molecule has 4 fully saturated rings. The molecule has 12 nitrogen and oxygen atoms in total. The molecule has 0 spiro atoms. The number of hydrogen-bond acceptors (Lipinski definition) is 11. The van der Waals surface area contributed by atoms with Crippen LogP contribution < -0.4 is 25.8 Å². The molecule has 55 heavy (non-hydrogen) atoms. The van der Waals surface area contributed by atoms with Crippen LogP contribution in [0.15, 0.2) is 35.1 Å². The van der Waals surface area contributed by atoms with Crippen molar-refractivity contribution < 1.29 is 27.8 Å². The summed E-state index contributed by atoms with van der Waals surface area (Å²) in [5.41, 5.74) is 0.958. The Labute approximate surface area is 325 Å². The number of nitrogens with zero attached hydrogens (tertiary/aromatic N) is 4. The maximum absolute atomic E-state index is 15.1. The van der Waals surface area contributed by atoms with Gasteiger partial charge in [-0.1, -0.05) is 0 Å². The highest BCUT2D eigenvalue weighted by molar-refractivity contribution is 7.99. The van der Waals surface area contributed by atoms with Crippen LogP contribution in [0.2, 0.25) is 0 Å². The molecule has 3 N–H and O–H groups in total. The summed E-state index contributed by atoms with van der Waals surface area (Å²) in [7, 11) is 1.56. The summed E-state index contributed by atoms with van der Waals surface area (Å²) in [6.45, 7) is 7.66. The fourth-order valence-electron chi connectivity index (χ4n) is 8.29. The van der Waals surface area contributed by atoms with E-state index in [0.29, 0.717) is 70.5 Å². The van der Waals surface area contributed by atoms with Crippen molar-refractivity contribution in [2.24, 2.45) is 5.92 Å². The summed E-state index contributed by atoms with van der Waals surface area (Å²) in [5.74, 6) is 0.814. The summed E-state index contributed by atoms with van der Waals surface area (Å²) in [6.07, 6.45) is 7.52. The fraction of sp³-hybridized carbons (Fsp3) is 0.600. The van der Waals surface area contributed by atoms with E-state index in [4.69, 9.17) is 9.47 Å². The Bertz CT molecular complexity index is 1840. The first-order valence-electron chi connectivity index (χ1n) is 19.8. The molecule has 4 saturated heterocycles. The zero-order valence-electron chi connectivity index (χ0n) is 31.6. The second kappa shape index (κ2) is 18.4. The average molecular weight is 782 g/mol. The summed E-state index contributed by atoms with van der Waals surface area (Å²) in [6, 6.07) is 8.36. The van der Waals surface area contributed by atoms with Crippen molar-refractivity contribution in [1.29, 1.82) is 0 Å². The van der Waals surface area contributed by atoms with Crippen LogP contribution in [0.1, 0.15) is 57.2 Å². The Morgan fingerprint density at radius 2 is 1.75 bits per heavy atom. The van der Waals surface area contributed by atoms with Gasteiger partial charge in [-0.3, -0.25) is 14.5 Å². The lowest BCUT2D eigenvalue weighted by atomic mass is 9.93. The Morgan fingerprint density at radius 3 is 2.45 bits per heavy atom. The predicted octanol–water partition coefficient (Wildman–Crippen LogP) is 4.56. The molecule has 5 heterocycles. The molecule has 0 saturated carbocycles. The molecule has 0 radical (unpaired) electrons. The number of aromatic nitrogens is 2. The first-order valence-corrected chi connectivity index (χ1v) is 20.8. The van der Waals surface area contributed by atoms with Crippen molar-refractivity contribution in [1.82, 2.24) is 25.1 Å². The van der Waals surface area contributed by atoms with Gasteiger partial charge in [0.25, 0.3) is 5.56 Å². The number of ether oxygens (including phenoxy) is 2. The number of H-pyrrole nitrogens is 1. The van der Waals surface area contributed by atoms with Crippen molar-refractivity contribution in [3.63, 3.8) is 0 Å². The van der Waals surface area contributed by atoms with Crippen LogP contribution in [0.4, 0.5) is 20.2 Å². The Hall–Kier alpha value is -3.79. The number of halogens is 2. The van der Waals surface area contributed by atoms with Crippen molar-refractivity contribution in [3.8, 4) is 5.75 Å². The number of hydrogen-bond donors (Lipinski definition) is 3. The van der Waals surface area contributed by atoms with Crippen molar-refractivity contribution in [2.45, 2.75) is 80.5 Å². The highest BCUT2D eigenvalue weighted by atomic mass is 32.2. The first-order chi connectivity index (χ1) is 26.8. The van der Waals surface area contributed by atoms with Crippen LogP contribution in [0.25, 0.3) is 10.9 Å². The van der Waals surface area contributed by atoms with Gasteiger partial charge in [0.15, 0.2) is 0 Å². The number of aromatic amines is 1. The number of carbonyl (C=O) groups excluding carboxylic acids is 2. The number of aldehydes is 1. The number of anilines is 2. The molecule has 7 rings (SSSR count). The third kappa shape index (κ3) is 9.97. The van der Waals surface area contributed by atoms with E-state index >= 15 is 8.78 Å². The van der Waals surface area contributed by atoms with Gasteiger partial charge in [0, 0.05) is 88.0 Å². The largest absolute Gasteiger partial charge is 0.493 e. The number of piperidine rings is 2. The topological polar surface area (TPSA) is 132 Å². The molecule has 298 valence electrons. The van der Waals surface area contributed by atoms with Crippen LogP contribution in [-0.4, -0.2) is 121 Å². The van der Waals surface area contributed by atoms with E-state index in [0.717, 1.165) is 97.3 Å². The molecule has 1 amide bonds. The third-order valence-corrected chi connectivity index (χ3v) is 13.1. The van der Waals surface area contributed by atoms with Crippen LogP contribution >= 0.6 is 11.8 Å². The van der Waals surface area contributed by atoms with Gasteiger partial charge in [-0.15, -0.1) is 0 Å². The summed E-state index contributed by atoms with van der Waals surface area (Å²) in [4.78, 5) is 50.3. The normalized spacial score (nSPS) is 20.3. The van der Waals surface area contributed by atoms with Crippen LogP contribution in [0.3, 0.4) is 0 Å². The highest BCUT2D eigenvalue weighted by Crippen LogP contribution is 2.32. The lowest BCUT2D eigenvalue weighted by Gasteiger charge is -2.50. The number of nitrogens with one attached hydrogen (secondary N) is 3. The molecule has 3 aromatic rings. The van der Waals surface area contributed by atoms with E-state index in [1.165, 1.54) is 12.1 Å². The minimum absolute atomic E-state index is 0.0305. The molecule has 1 aromatic heterocycles. The van der Waals surface area contributed by atoms with Gasteiger partial charge in [0.1, 0.15) is 34.9 Å². The van der Waals surface area contributed by atoms with E-state index in [-0.39, 0.29) is 23.5 Å². The molecule has 1 atom stereocenters. The number of thioether (sulfide) groups is 1. The summed E-state index contributed by atoms with van der Waals surface area (Å²) in [5, 5.41) is 6.01. The number of fused-ring (bicyclic) bond motifs is 1. The van der Waals surface area contributed by atoms with Gasteiger partial charge in [-0.05, 0) is 82.2 Å². The standard InChI is InChI=1S/C40H53F2N7O5S/c1-43-38(51)5-3-28(23-50)44-27-2-4-36(33(41)18-27)49-21-30(22-49)48-14-8-29(9-15-48)47-12-6-26(7-13-47)24-54-31-19-34(42)39-35(20-31)45-37(46-40(39)52)25-55-32-10-16-53-17-11-32/h2,4,18-20,23,26,28-30,32,44H,3,5-17,21-22,24-25H2,1H3,(H,43,51)(H,45,46,52). The minimum atomic E-state index is -0.614. The van der Waals surface area contributed by atoms with E-state index in [2.05, 4.69) is 35.3 Å². The van der Waals surface area contributed by atoms with Crippen molar-refractivity contribution >= 4 is 46.2 Å². The smallest absolute Gasteiger partial charge is 0.261 e. The predicted molar refractivity (Wildman–Crippen MR) is 211 cm³/mol. The number of carbonyl (C=O) groups is 2. The van der Waals surface area contributed by atoms with Gasteiger partial charge in [-0.2, -0.15) is 11.8 Å². The van der Waals surface area contributed by atoms with Crippen molar-refractivity contribution in [2.75, 3.05) is 76.4 Å². The average Bonchev–Trinajstić information content (AvgIpc) is 3.18. The number of benzene rings is 2. The van der Waals surface area contributed by atoms with Gasteiger partial charge in [-0.25, -0.2) is 13.8 Å². The molecular formula is C40H53F2N7O5S. The van der Waals surface area contributed by atoms with Crippen LogP contribution in [0, 0.1) is 17.6 Å². The number of rotatable bonds is 15. The Kier molecular flexibility index (Phi) is 13.2. The van der Waals surface area contributed by atoms with Gasteiger partial charge >= 0.3 is 0 Å². The maximum atomic E-state index is 15.1. The van der Waals surface area contributed by atoms with Crippen molar-refractivity contribution in [3.05, 3.63) is 58.1 Å². The second-order valence-corrected chi connectivity index (χ2v) is 16.6. The zero-order valence-corrected chi connectivity index (χ0v) is 32.4. The number of likely N-dealkylation sites (tertiary alicyclic amines) is 2. The van der Waals surface area contributed by atoms with Gasteiger partial charge in [0.05, 0.1) is 29.6 Å². The van der Waals surface area contributed by atoms with E-state index in [9.17, 15) is 14.4 Å². The highest BCUT2D eigenvalue weighted by Gasteiger charge is 2.36. The van der Waals surface area contributed by atoms with Crippen LogP contribution in [0.5, 0.6) is 5.75 Å². The molecule has 2 aromatic carbocycles. The Morgan fingerprint density at radius 1 is 1.02 bits per heavy atom. The molecule has 1 unspecified atom stereocenters. The monoisotopic (exact) mass is 781 g/mol. The SMILES string of the molecule is CNC(=O)CCC(C=O)Nc1ccc(N2CC(N3CCC(N4CCC(COc5cc(F)c6c(=O)[nH]c(CSC7CCOCC7)nc6c5)CC4)CC3)C2)c(F)c1. The Balaban J connectivity index is 0.820. The third-order valence-electron chi connectivity index (χ3n) is 11.7. The molecule has 15 heteroatoms. The molecule has 4 aliphatic heterocycles. The quantitative estimate of drug-likeness (QED) is 0.188. The molecule has 0 aliphatic carbocycles. The minimum Gasteiger partial charge on any atom is -0.493 e. The molecule has 0 bridgehead atoms. The number of amides is 1. The zero-order chi connectivity index (χ0) is 38.3. The first kappa shape index (κ1) is 39.4. The maximum Gasteiger partial charge on any atom is 0.261 e. The molecule has 4 aliphatic rings. The van der Waals surface area contributed by atoms with E-state index in [1.807, 2.05) is 0 Å².